The number of carboxylic acid groups (broad SMARTS) is 1. The summed E-state index contributed by atoms with van der Waals surface area (Å²) in [6.07, 6.45) is -3.88. The molecule has 0 saturated carbocycles. The molecule has 0 radical (unpaired) electrons. The molecule has 0 unspecified atom stereocenters. The molecule has 0 amide bonds. The molecule has 0 bridgehead atoms. The molecular formula is C7H2F3NO2. The maximum absolute atomic E-state index is 11.9. The van der Waals surface area contributed by atoms with Crippen molar-refractivity contribution in [3.05, 3.63) is 23.2 Å². The molecule has 13 heavy (non-hydrogen) atoms. The lowest BCUT2D eigenvalue weighted by Crippen LogP contribution is -2.16. The third-order valence-corrected chi connectivity index (χ3v) is 1.12. The quantitative estimate of drug-likeness (QED) is 0.631. The van der Waals surface area contributed by atoms with Crippen molar-refractivity contribution in [1.29, 1.82) is 0 Å². The average molecular weight is 189 g/mol. The molecule has 0 spiro atoms. The van der Waals surface area contributed by atoms with E-state index in [0.717, 1.165) is 6.08 Å². The zero-order valence-electron chi connectivity index (χ0n) is 6.01. The lowest BCUT2D eigenvalue weighted by atomic mass is 10.3. The molecule has 0 atom stereocenters. The van der Waals surface area contributed by atoms with Gasteiger partial charge in [-0.3, -0.25) is 0 Å². The van der Waals surface area contributed by atoms with E-state index in [1.807, 2.05) is 5.73 Å². The number of allylic oxidation sites excluding steroid dienone is 1. The number of carboxylic acids is 1. The van der Waals surface area contributed by atoms with Crippen molar-refractivity contribution in [2.45, 2.75) is 6.18 Å². The second-order valence-corrected chi connectivity index (χ2v) is 2.06. The Morgan fingerprint density at radius 2 is 2.15 bits per heavy atom. The van der Waals surface area contributed by atoms with Gasteiger partial charge in [-0.25, -0.2) is 9.79 Å². The fraction of sp³-hybridized carbons (Fsp3) is 0.143. The highest BCUT2D eigenvalue weighted by molar-refractivity contribution is 6.40. The molecule has 1 N–H and O–H groups in total. The van der Waals surface area contributed by atoms with Gasteiger partial charge in [0.25, 0.3) is 0 Å². The number of carbonyl (C=O) groups is 1. The van der Waals surface area contributed by atoms with Crippen LogP contribution in [0.2, 0.25) is 0 Å². The van der Waals surface area contributed by atoms with Crippen LogP contribution in [0.25, 0.3) is 0 Å². The molecule has 0 aromatic rings. The number of hydrogen-bond acceptors (Lipinski definition) is 2. The molecule has 0 aromatic carbocycles. The van der Waals surface area contributed by atoms with E-state index in [9.17, 15) is 18.0 Å². The minimum atomic E-state index is -4.69. The predicted octanol–water partition coefficient (Wildman–Crippen LogP) is 1.28. The first-order valence-electron chi connectivity index (χ1n) is 3.02. The lowest BCUT2D eigenvalue weighted by molar-refractivity contribution is -0.129. The highest BCUT2D eigenvalue weighted by Crippen LogP contribution is 2.26. The van der Waals surface area contributed by atoms with Gasteiger partial charge < -0.3 is 5.11 Å². The molecule has 0 aliphatic carbocycles. The molecule has 1 aliphatic rings. The van der Waals surface area contributed by atoms with E-state index in [1.54, 1.807) is 5.73 Å². The second-order valence-electron chi connectivity index (χ2n) is 2.06. The monoisotopic (exact) mass is 189 g/mol. The smallest absolute Gasteiger partial charge is 0.441 e. The van der Waals surface area contributed by atoms with Gasteiger partial charge in [0.1, 0.15) is 0 Å². The number of rotatable bonds is 1. The van der Waals surface area contributed by atoms with Crippen LogP contribution in [0.3, 0.4) is 0 Å². The third-order valence-electron chi connectivity index (χ3n) is 1.12. The van der Waals surface area contributed by atoms with E-state index in [1.165, 1.54) is 0 Å². The van der Waals surface area contributed by atoms with Crippen LogP contribution in [-0.2, 0) is 4.79 Å². The van der Waals surface area contributed by atoms with Crippen molar-refractivity contribution in [2.75, 3.05) is 0 Å². The largest absolute Gasteiger partial charge is 0.476 e. The Kier molecular flexibility index (Phi) is 2.10. The Morgan fingerprint density at radius 3 is 2.62 bits per heavy atom. The zero-order valence-corrected chi connectivity index (χ0v) is 6.01. The van der Waals surface area contributed by atoms with Gasteiger partial charge in [0.2, 0.25) is 0 Å². The second kappa shape index (κ2) is 2.94. The molecular weight excluding hydrogens is 187 g/mol. The van der Waals surface area contributed by atoms with Crippen molar-refractivity contribution >= 4 is 11.7 Å². The molecule has 0 fully saturated rings. The summed E-state index contributed by atoms with van der Waals surface area (Å²) in [6, 6.07) is 0. The number of aliphatic carboxylic acids is 1. The molecule has 0 saturated heterocycles. The fourth-order valence-corrected chi connectivity index (χ4v) is 0.597. The van der Waals surface area contributed by atoms with Crippen molar-refractivity contribution < 1.29 is 23.1 Å². The van der Waals surface area contributed by atoms with E-state index in [2.05, 4.69) is 4.99 Å². The normalized spacial score (nSPS) is 15.3. The van der Waals surface area contributed by atoms with Gasteiger partial charge in [-0.15, -0.1) is 0 Å². The van der Waals surface area contributed by atoms with Crippen LogP contribution in [0, 0.1) is 0 Å². The van der Waals surface area contributed by atoms with Gasteiger partial charge in [-0.05, 0) is 5.73 Å². The summed E-state index contributed by atoms with van der Waals surface area (Å²) in [5.74, 6) is -1.53. The first kappa shape index (κ1) is 9.32. The minimum Gasteiger partial charge on any atom is -0.476 e. The van der Waals surface area contributed by atoms with Crippen molar-refractivity contribution in [2.24, 2.45) is 4.99 Å². The van der Waals surface area contributed by atoms with Gasteiger partial charge in [-0.1, -0.05) is 5.73 Å². The van der Waals surface area contributed by atoms with E-state index in [-0.39, 0.29) is 0 Å². The van der Waals surface area contributed by atoms with Gasteiger partial charge >= 0.3 is 12.1 Å². The Morgan fingerprint density at radius 1 is 1.54 bits per heavy atom. The van der Waals surface area contributed by atoms with Crippen LogP contribution in [0.4, 0.5) is 13.2 Å². The molecule has 3 nitrogen and oxygen atoms in total. The SMILES string of the molecule is O=C(O)C1=NC(C(F)(F)F)=C=C=C1. The van der Waals surface area contributed by atoms with E-state index in [4.69, 9.17) is 5.11 Å². The van der Waals surface area contributed by atoms with Gasteiger partial charge in [0.15, 0.2) is 11.4 Å². The van der Waals surface area contributed by atoms with Gasteiger partial charge in [0, 0.05) is 6.08 Å². The van der Waals surface area contributed by atoms with Crippen LogP contribution in [0.15, 0.2) is 28.2 Å². The Labute approximate surface area is 70.2 Å². The summed E-state index contributed by atoms with van der Waals surface area (Å²) in [5, 5.41) is 8.31. The summed E-state index contributed by atoms with van der Waals surface area (Å²) in [5.41, 5.74) is 1.52. The summed E-state index contributed by atoms with van der Waals surface area (Å²) >= 11 is 0. The fourth-order valence-electron chi connectivity index (χ4n) is 0.597. The number of nitrogens with zero attached hydrogens (tertiary/aromatic N) is 1. The molecule has 68 valence electrons. The molecule has 1 heterocycles. The van der Waals surface area contributed by atoms with Gasteiger partial charge in [0.05, 0.1) is 0 Å². The number of halogens is 3. The van der Waals surface area contributed by atoms with E-state index >= 15 is 0 Å². The molecule has 0 aromatic heterocycles. The van der Waals surface area contributed by atoms with Crippen LogP contribution in [-0.4, -0.2) is 23.0 Å². The predicted molar refractivity (Wildman–Crippen MR) is 36.2 cm³/mol. The first-order chi connectivity index (χ1) is 5.91. The molecule has 1 rings (SSSR count). The average Bonchev–Trinajstić information content (AvgIpc) is 2.03. The lowest BCUT2D eigenvalue weighted by Gasteiger charge is -2.05. The zero-order chi connectivity index (χ0) is 10.1. The number of aliphatic imine (C=N–C) groups is 1. The number of alkyl halides is 3. The summed E-state index contributed by atoms with van der Waals surface area (Å²) in [6.45, 7) is 0. The maximum atomic E-state index is 11.9. The van der Waals surface area contributed by atoms with Crippen LogP contribution >= 0.6 is 0 Å². The van der Waals surface area contributed by atoms with Crippen LogP contribution in [0.5, 0.6) is 0 Å². The third kappa shape index (κ3) is 2.08. The first-order valence-corrected chi connectivity index (χ1v) is 3.02. The highest BCUT2D eigenvalue weighted by atomic mass is 19.4. The molecule has 6 heteroatoms. The topological polar surface area (TPSA) is 49.7 Å². The van der Waals surface area contributed by atoms with Crippen molar-refractivity contribution in [1.82, 2.24) is 0 Å². The summed E-state index contributed by atoms with van der Waals surface area (Å²) in [4.78, 5) is 13.0. The van der Waals surface area contributed by atoms with Gasteiger partial charge in [-0.2, -0.15) is 13.2 Å². The molecule has 1 aliphatic heterocycles. The summed E-state index contributed by atoms with van der Waals surface area (Å²) < 4.78 is 35.8. The van der Waals surface area contributed by atoms with E-state index in [0.29, 0.717) is 0 Å². The van der Waals surface area contributed by atoms with Crippen LogP contribution in [0.1, 0.15) is 0 Å². The standard InChI is InChI=1S/C7H2F3NO2/c8-7(9,10)5-3-1-2-4(11-5)6(12)13/h2H,(H,12,13). The highest BCUT2D eigenvalue weighted by Gasteiger charge is 2.35. The summed E-state index contributed by atoms with van der Waals surface area (Å²) in [7, 11) is 0. The van der Waals surface area contributed by atoms with Crippen molar-refractivity contribution in [3.63, 3.8) is 0 Å². The number of hydrogen-bond donors (Lipinski definition) is 1. The van der Waals surface area contributed by atoms with Crippen LogP contribution < -0.4 is 0 Å². The maximum Gasteiger partial charge on any atom is 0.441 e. The van der Waals surface area contributed by atoms with E-state index < -0.39 is 23.6 Å². The minimum absolute atomic E-state index is 0.703. The van der Waals surface area contributed by atoms with Crippen molar-refractivity contribution in [3.8, 4) is 0 Å². The Hall–Kier alpha value is -1.77. The Balaban J connectivity index is 3.12. The Bertz CT molecular complexity index is 379.